The third-order valence-electron chi connectivity index (χ3n) is 8.10. The summed E-state index contributed by atoms with van der Waals surface area (Å²) in [5, 5.41) is -0.0536. The van der Waals surface area contributed by atoms with Gasteiger partial charge in [0.25, 0.3) is 0 Å². The normalized spacial score (nSPS) is 23.9. The van der Waals surface area contributed by atoms with Crippen LogP contribution in [0.3, 0.4) is 0 Å². The summed E-state index contributed by atoms with van der Waals surface area (Å²) in [5.74, 6) is -12.7. The highest BCUT2D eigenvalue weighted by Gasteiger charge is 2.55. The molecular weight excluding hydrogens is 658 g/mol. The summed E-state index contributed by atoms with van der Waals surface area (Å²) >= 11 is 12.3. The highest BCUT2D eigenvalue weighted by Crippen LogP contribution is 2.37. The Morgan fingerprint density at radius 1 is 0.909 bits per heavy atom. The zero-order chi connectivity index (χ0) is 32.2. The van der Waals surface area contributed by atoms with E-state index in [9.17, 15) is 40.0 Å². The predicted molar refractivity (Wildman–Crippen MR) is 148 cm³/mol. The zero-order valence-electron chi connectivity index (χ0n) is 23.4. The van der Waals surface area contributed by atoms with Crippen molar-refractivity contribution in [2.45, 2.75) is 49.5 Å². The van der Waals surface area contributed by atoms with Crippen molar-refractivity contribution in [3.63, 3.8) is 0 Å². The first kappa shape index (κ1) is 32.8. The molecule has 3 heterocycles. The van der Waals surface area contributed by atoms with Crippen molar-refractivity contribution in [2.75, 3.05) is 39.4 Å². The van der Waals surface area contributed by atoms with E-state index >= 15 is 0 Å². The average molecular weight is 685 g/mol. The molecule has 3 fully saturated rings. The molecule has 0 N–H and O–H groups in total. The Bertz CT molecular complexity index is 1580. The number of amides is 2. The van der Waals surface area contributed by atoms with Crippen molar-refractivity contribution < 1.29 is 44.7 Å². The van der Waals surface area contributed by atoms with Crippen LogP contribution < -0.4 is 0 Å². The van der Waals surface area contributed by atoms with Crippen LogP contribution in [0.1, 0.15) is 19.4 Å². The molecule has 2 aromatic rings. The van der Waals surface area contributed by atoms with Gasteiger partial charge < -0.3 is 14.5 Å². The minimum Gasteiger partial charge on any atom is -0.379 e. The molecule has 0 radical (unpaired) electrons. The number of hydrogen-bond donors (Lipinski definition) is 0. The number of sulfonamides is 1. The Morgan fingerprint density at radius 3 is 2.07 bits per heavy atom. The molecule has 3 aliphatic rings. The fraction of sp³-hybridized carbons (Fsp3) is 0.481. The Kier molecular flexibility index (Phi) is 9.19. The van der Waals surface area contributed by atoms with Crippen LogP contribution in [-0.4, -0.2) is 103 Å². The molecule has 17 heteroatoms. The molecule has 0 saturated carbocycles. The van der Waals surface area contributed by atoms with Gasteiger partial charge in [0.1, 0.15) is 23.1 Å². The number of hydrogen-bond acceptors (Lipinski definition) is 6. The molecule has 44 heavy (non-hydrogen) atoms. The predicted octanol–water partition coefficient (Wildman–Crippen LogP) is 3.41. The van der Waals surface area contributed by atoms with Crippen molar-refractivity contribution >= 4 is 45.0 Å². The van der Waals surface area contributed by atoms with Gasteiger partial charge in [0.15, 0.2) is 23.3 Å². The molecule has 9 nitrogen and oxygen atoms in total. The SMILES string of the molecule is CC(C)N1CC2N(C(=O)C(N3CCOCC3)CN2S(=O)(=O)c2ccc(Cl)cc2Cl)C(Cc2c(F)c(F)c(F)c(F)c2F)C1=O. The van der Waals surface area contributed by atoms with Crippen molar-refractivity contribution in [3.05, 3.63) is 62.9 Å². The fourth-order valence-corrected chi connectivity index (χ4v) is 8.17. The van der Waals surface area contributed by atoms with E-state index in [1.54, 1.807) is 18.7 Å². The van der Waals surface area contributed by atoms with Gasteiger partial charge in [0.05, 0.1) is 24.8 Å². The molecule has 3 aliphatic heterocycles. The first-order chi connectivity index (χ1) is 20.7. The van der Waals surface area contributed by atoms with Gasteiger partial charge >= 0.3 is 0 Å². The van der Waals surface area contributed by atoms with E-state index < -0.39 is 87.2 Å². The molecule has 240 valence electrons. The second-order valence-corrected chi connectivity index (χ2v) is 13.6. The number of rotatable bonds is 6. The average Bonchev–Trinajstić information content (AvgIpc) is 2.98. The van der Waals surface area contributed by atoms with E-state index in [-0.39, 0.29) is 54.3 Å². The summed E-state index contributed by atoms with van der Waals surface area (Å²) in [6, 6.07) is 0.125. The van der Waals surface area contributed by atoms with Gasteiger partial charge in [-0.3, -0.25) is 14.5 Å². The van der Waals surface area contributed by atoms with Crippen LogP contribution in [0.5, 0.6) is 0 Å². The first-order valence-corrected chi connectivity index (χ1v) is 15.8. The number of piperazine rings is 1. The molecule has 2 amide bonds. The minimum absolute atomic E-state index is 0.160. The summed E-state index contributed by atoms with van der Waals surface area (Å²) in [5.41, 5.74) is -1.31. The number of carbonyl (C=O) groups excluding carboxylic acids is 2. The van der Waals surface area contributed by atoms with Crippen molar-refractivity contribution in [2.24, 2.45) is 0 Å². The molecule has 5 rings (SSSR count). The first-order valence-electron chi connectivity index (χ1n) is 13.6. The van der Waals surface area contributed by atoms with Crippen LogP contribution in [0.4, 0.5) is 22.0 Å². The van der Waals surface area contributed by atoms with Crippen molar-refractivity contribution in [1.82, 2.24) is 19.0 Å². The largest absolute Gasteiger partial charge is 0.379 e. The molecule has 2 aromatic carbocycles. The highest BCUT2D eigenvalue weighted by atomic mass is 35.5. The van der Waals surface area contributed by atoms with Crippen molar-refractivity contribution in [3.8, 4) is 0 Å². The molecular formula is C27H27Cl2F5N4O5S. The van der Waals surface area contributed by atoms with Gasteiger partial charge in [-0.05, 0) is 32.0 Å². The third-order valence-corrected chi connectivity index (χ3v) is 10.7. The van der Waals surface area contributed by atoms with E-state index in [4.69, 9.17) is 27.9 Å². The second-order valence-electron chi connectivity index (χ2n) is 10.9. The maximum atomic E-state index is 14.9. The molecule has 3 unspecified atom stereocenters. The lowest BCUT2D eigenvalue weighted by Crippen LogP contribution is -2.76. The highest BCUT2D eigenvalue weighted by molar-refractivity contribution is 7.89. The minimum atomic E-state index is -4.54. The number of benzene rings is 2. The van der Waals surface area contributed by atoms with Gasteiger partial charge in [-0.1, -0.05) is 23.2 Å². The Labute approximate surface area is 260 Å². The topological polar surface area (TPSA) is 90.5 Å². The molecule has 3 saturated heterocycles. The molecule has 0 spiro atoms. The van der Waals surface area contributed by atoms with Crippen LogP contribution in [0.25, 0.3) is 0 Å². The summed E-state index contributed by atoms with van der Waals surface area (Å²) in [6.45, 7) is 3.36. The fourth-order valence-electron chi connectivity index (χ4n) is 5.85. The lowest BCUT2D eigenvalue weighted by Gasteiger charge is -2.55. The van der Waals surface area contributed by atoms with E-state index in [1.807, 2.05) is 0 Å². The van der Waals surface area contributed by atoms with E-state index in [1.165, 1.54) is 23.1 Å². The standard InChI is InChI=1S/C27H27Cl2F5N4O5S/c1-13(2)36-12-20-37(44(41,42)19-4-3-14(28)9-16(19)29)11-18(35-5-7-43-8-6-35)27(40)38(20)17(26(36)39)10-15-21(30)23(32)25(34)24(33)22(15)31/h3-4,9,13,17-18,20H,5-8,10-12H2,1-2H3. The number of morpholine rings is 1. The number of fused-ring (bicyclic) bond motifs is 1. The number of ether oxygens (including phenoxy) is 1. The summed E-state index contributed by atoms with van der Waals surface area (Å²) in [4.78, 5) is 31.4. The molecule has 0 aromatic heterocycles. The number of halogens is 7. The lowest BCUT2D eigenvalue weighted by molar-refractivity contribution is -0.173. The maximum Gasteiger partial charge on any atom is 0.246 e. The lowest BCUT2D eigenvalue weighted by atomic mass is 9.95. The molecule has 0 aliphatic carbocycles. The number of nitrogens with zero attached hydrogens (tertiary/aromatic N) is 4. The van der Waals surface area contributed by atoms with Gasteiger partial charge in [-0.2, -0.15) is 4.31 Å². The Morgan fingerprint density at radius 2 is 1.50 bits per heavy atom. The van der Waals surface area contributed by atoms with Gasteiger partial charge in [0.2, 0.25) is 27.7 Å². The van der Waals surface area contributed by atoms with Gasteiger partial charge in [-0.25, -0.2) is 30.4 Å². The van der Waals surface area contributed by atoms with Crippen molar-refractivity contribution in [1.29, 1.82) is 0 Å². The summed E-state index contributed by atoms with van der Waals surface area (Å²) in [7, 11) is -4.54. The monoisotopic (exact) mass is 684 g/mol. The molecule has 3 atom stereocenters. The van der Waals surface area contributed by atoms with Crippen LogP contribution in [-0.2, 0) is 30.8 Å². The summed E-state index contributed by atoms with van der Waals surface area (Å²) < 4.78 is 107. The third kappa shape index (κ3) is 5.55. The second kappa shape index (κ2) is 12.3. The maximum absolute atomic E-state index is 14.9. The van der Waals surface area contributed by atoms with Crippen LogP contribution in [0.15, 0.2) is 23.1 Å². The van der Waals surface area contributed by atoms with Crippen LogP contribution in [0.2, 0.25) is 10.0 Å². The zero-order valence-corrected chi connectivity index (χ0v) is 25.7. The Balaban J connectivity index is 1.68. The Hall–Kier alpha value is -2.56. The van der Waals surface area contributed by atoms with Gasteiger partial charge in [0, 0.05) is 42.7 Å². The van der Waals surface area contributed by atoms with E-state index in [0.717, 1.165) is 9.21 Å². The smallest absolute Gasteiger partial charge is 0.246 e. The summed E-state index contributed by atoms with van der Waals surface area (Å²) in [6.07, 6.45) is -2.52. The van der Waals surface area contributed by atoms with Gasteiger partial charge in [-0.15, -0.1) is 0 Å². The van der Waals surface area contributed by atoms with E-state index in [0.29, 0.717) is 0 Å². The van der Waals surface area contributed by atoms with E-state index in [2.05, 4.69) is 0 Å². The molecule has 0 bridgehead atoms. The quantitative estimate of drug-likeness (QED) is 0.263. The van der Waals surface area contributed by atoms with Crippen LogP contribution in [0, 0.1) is 29.1 Å². The van der Waals surface area contributed by atoms with Crippen LogP contribution >= 0.6 is 23.2 Å². The number of carbonyl (C=O) groups is 2.